The van der Waals surface area contributed by atoms with Gasteiger partial charge < -0.3 is 24.7 Å². The number of carbonyl (C=O) groups excluding carboxylic acids is 1. The van der Waals surface area contributed by atoms with Crippen LogP contribution in [0.4, 0.5) is 4.39 Å². The topological polar surface area (TPSA) is 82.6 Å². The molecule has 36 heavy (non-hydrogen) atoms. The molecular formula is C28H37FN4O3. The molecule has 0 unspecified atom stereocenters. The van der Waals surface area contributed by atoms with E-state index in [1.165, 1.54) is 12.0 Å². The van der Waals surface area contributed by atoms with Crippen LogP contribution in [0.2, 0.25) is 0 Å². The third-order valence-corrected chi connectivity index (χ3v) is 6.00. The van der Waals surface area contributed by atoms with Crippen molar-refractivity contribution in [2.45, 2.75) is 39.5 Å². The van der Waals surface area contributed by atoms with E-state index < -0.39 is 17.6 Å². The van der Waals surface area contributed by atoms with Crippen molar-refractivity contribution < 1.29 is 18.7 Å². The average molecular weight is 497 g/mol. The molecule has 3 rings (SSSR count). The molecular weight excluding hydrogens is 459 g/mol. The van der Waals surface area contributed by atoms with Gasteiger partial charge in [0.2, 0.25) is 5.91 Å². The quantitative estimate of drug-likeness (QED) is 0.424. The molecule has 0 aliphatic carbocycles. The fraction of sp³-hybridized carbons (Fsp3) is 0.429. The predicted octanol–water partition coefficient (Wildman–Crippen LogP) is 4.47. The zero-order valence-corrected chi connectivity index (χ0v) is 21.8. The third kappa shape index (κ3) is 6.50. The molecule has 8 heteroatoms. The number of hydrogen-bond acceptors (Lipinski definition) is 5. The standard InChI is InChI=1S/C28H37FN4O3/c1-28(2,3)26(33(17-21(29)15-30)25(34)19-35-4)27-31-23(22-13-9-10-14-24(22)36-5)18-32(27)16-20-11-7-6-8-12-20/h6-14,18,21,26H,15-17,19,30H2,1-5H3/t21-,26+/m1/s1. The Hall–Kier alpha value is -3.23. The highest BCUT2D eigenvalue weighted by Gasteiger charge is 2.39. The van der Waals surface area contributed by atoms with Crippen molar-refractivity contribution in [2.24, 2.45) is 11.1 Å². The first-order valence-electron chi connectivity index (χ1n) is 12.1. The van der Waals surface area contributed by atoms with Gasteiger partial charge in [0.05, 0.1) is 25.4 Å². The summed E-state index contributed by atoms with van der Waals surface area (Å²) in [6, 6.07) is 17.1. The smallest absolute Gasteiger partial charge is 0.249 e. The number of aromatic nitrogens is 2. The van der Waals surface area contributed by atoms with E-state index in [1.807, 2.05) is 86.1 Å². The first-order valence-corrected chi connectivity index (χ1v) is 12.1. The van der Waals surface area contributed by atoms with Crippen LogP contribution in [0.5, 0.6) is 5.75 Å². The lowest BCUT2D eigenvalue weighted by Crippen LogP contribution is -2.47. The molecule has 3 aromatic rings. The number of imidazole rings is 1. The van der Waals surface area contributed by atoms with Crippen LogP contribution < -0.4 is 10.5 Å². The maximum absolute atomic E-state index is 14.7. The molecule has 0 aliphatic heterocycles. The minimum Gasteiger partial charge on any atom is -0.496 e. The molecule has 0 saturated heterocycles. The highest BCUT2D eigenvalue weighted by Crippen LogP contribution is 2.40. The van der Waals surface area contributed by atoms with Gasteiger partial charge in [0.25, 0.3) is 0 Å². The predicted molar refractivity (Wildman–Crippen MR) is 139 cm³/mol. The molecule has 0 spiro atoms. The van der Waals surface area contributed by atoms with Crippen LogP contribution in [0.1, 0.15) is 38.2 Å². The van der Waals surface area contributed by atoms with Crippen LogP contribution in [-0.4, -0.2) is 60.4 Å². The van der Waals surface area contributed by atoms with E-state index in [4.69, 9.17) is 20.2 Å². The van der Waals surface area contributed by atoms with Crippen LogP contribution in [0.25, 0.3) is 11.3 Å². The van der Waals surface area contributed by atoms with Crippen LogP contribution in [-0.2, 0) is 16.1 Å². The van der Waals surface area contributed by atoms with E-state index >= 15 is 0 Å². The van der Waals surface area contributed by atoms with Gasteiger partial charge in [-0.2, -0.15) is 0 Å². The van der Waals surface area contributed by atoms with E-state index in [0.717, 1.165) is 11.1 Å². The fourth-order valence-electron chi connectivity index (χ4n) is 4.38. The van der Waals surface area contributed by atoms with E-state index in [-0.39, 0.29) is 25.6 Å². The van der Waals surface area contributed by atoms with E-state index in [2.05, 4.69) is 0 Å². The molecule has 0 aliphatic rings. The highest BCUT2D eigenvalue weighted by atomic mass is 19.1. The Balaban J connectivity index is 2.21. The van der Waals surface area contributed by atoms with Gasteiger partial charge in [0.15, 0.2) is 0 Å². The average Bonchev–Trinajstić information content (AvgIpc) is 3.26. The van der Waals surface area contributed by atoms with Crippen molar-refractivity contribution in [3.05, 3.63) is 72.2 Å². The number of benzene rings is 2. The lowest BCUT2D eigenvalue weighted by Gasteiger charge is -2.40. The summed E-state index contributed by atoms with van der Waals surface area (Å²) in [4.78, 5) is 19.8. The summed E-state index contributed by atoms with van der Waals surface area (Å²) in [7, 11) is 3.08. The number of nitrogens with zero attached hydrogens (tertiary/aromatic N) is 3. The van der Waals surface area contributed by atoms with Crippen LogP contribution >= 0.6 is 0 Å². The van der Waals surface area contributed by atoms with Gasteiger partial charge >= 0.3 is 0 Å². The van der Waals surface area contributed by atoms with E-state index in [1.54, 1.807) is 7.11 Å². The van der Waals surface area contributed by atoms with Crippen molar-refractivity contribution in [3.63, 3.8) is 0 Å². The summed E-state index contributed by atoms with van der Waals surface area (Å²) in [5.41, 5.74) is 7.75. The molecule has 0 saturated carbocycles. The lowest BCUT2D eigenvalue weighted by atomic mass is 9.84. The second-order valence-corrected chi connectivity index (χ2v) is 9.88. The molecule has 1 heterocycles. The zero-order chi connectivity index (χ0) is 26.3. The van der Waals surface area contributed by atoms with Gasteiger partial charge in [-0.15, -0.1) is 0 Å². The Kier molecular flexibility index (Phi) is 9.23. The largest absolute Gasteiger partial charge is 0.496 e. The van der Waals surface area contributed by atoms with Crippen LogP contribution in [0.15, 0.2) is 60.8 Å². The molecule has 0 fully saturated rings. The first-order chi connectivity index (χ1) is 17.2. The molecule has 2 aromatic carbocycles. The summed E-state index contributed by atoms with van der Waals surface area (Å²) in [6.45, 7) is 6.09. The van der Waals surface area contributed by atoms with Gasteiger partial charge in [-0.3, -0.25) is 4.79 Å². The van der Waals surface area contributed by atoms with Crippen molar-refractivity contribution in [1.29, 1.82) is 0 Å². The first kappa shape index (κ1) is 27.4. The van der Waals surface area contributed by atoms with Gasteiger partial charge in [-0.05, 0) is 23.1 Å². The van der Waals surface area contributed by atoms with Crippen LogP contribution in [0.3, 0.4) is 0 Å². The lowest BCUT2D eigenvalue weighted by molar-refractivity contribution is -0.141. The Morgan fingerprint density at radius 3 is 2.39 bits per heavy atom. The number of nitrogens with two attached hydrogens (primary N) is 1. The van der Waals surface area contributed by atoms with Crippen molar-refractivity contribution in [1.82, 2.24) is 14.5 Å². The summed E-state index contributed by atoms with van der Waals surface area (Å²) in [5, 5.41) is 0. The number of alkyl halides is 1. The molecule has 2 atom stereocenters. The summed E-state index contributed by atoms with van der Waals surface area (Å²) in [5.74, 6) is 1.03. The number of rotatable bonds is 11. The van der Waals surface area contributed by atoms with E-state index in [0.29, 0.717) is 23.8 Å². The molecule has 2 N–H and O–H groups in total. The number of hydrogen-bond donors (Lipinski definition) is 1. The summed E-state index contributed by atoms with van der Waals surface area (Å²) >= 11 is 0. The SMILES string of the molecule is COCC(=O)N(C[C@H](F)CN)[C@@H](c1nc(-c2ccccc2OC)cn1Cc1ccccc1)C(C)(C)C. The number of ether oxygens (including phenoxy) is 2. The van der Waals surface area contributed by atoms with Gasteiger partial charge in [-0.25, -0.2) is 9.37 Å². The number of amides is 1. The molecule has 1 amide bonds. The monoisotopic (exact) mass is 496 g/mol. The Morgan fingerprint density at radius 2 is 1.78 bits per heavy atom. The molecule has 1 aromatic heterocycles. The van der Waals surface area contributed by atoms with Crippen LogP contribution in [0, 0.1) is 5.41 Å². The maximum Gasteiger partial charge on any atom is 0.249 e. The van der Waals surface area contributed by atoms with E-state index in [9.17, 15) is 9.18 Å². The number of para-hydroxylation sites is 1. The third-order valence-electron chi connectivity index (χ3n) is 6.00. The highest BCUT2D eigenvalue weighted by molar-refractivity contribution is 5.78. The van der Waals surface area contributed by atoms with Crippen molar-refractivity contribution >= 4 is 5.91 Å². The van der Waals surface area contributed by atoms with Gasteiger partial charge in [0, 0.05) is 32.0 Å². The maximum atomic E-state index is 14.7. The normalized spacial score (nSPS) is 13.3. The number of methoxy groups -OCH3 is 2. The summed E-state index contributed by atoms with van der Waals surface area (Å²) in [6.07, 6.45) is 0.593. The molecule has 7 nitrogen and oxygen atoms in total. The second kappa shape index (κ2) is 12.1. The Bertz CT molecular complexity index is 1130. The van der Waals surface area contributed by atoms with Crippen molar-refractivity contribution in [3.8, 4) is 17.0 Å². The zero-order valence-electron chi connectivity index (χ0n) is 21.8. The Morgan fingerprint density at radius 1 is 1.11 bits per heavy atom. The minimum absolute atomic E-state index is 0.150. The summed E-state index contributed by atoms with van der Waals surface area (Å²) < 4.78 is 27.4. The van der Waals surface area contributed by atoms with Gasteiger partial charge in [-0.1, -0.05) is 63.2 Å². The molecule has 0 bridgehead atoms. The second-order valence-electron chi connectivity index (χ2n) is 9.88. The number of halogens is 1. The van der Waals surface area contributed by atoms with Gasteiger partial charge in [0.1, 0.15) is 24.4 Å². The fourth-order valence-corrected chi connectivity index (χ4v) is 4.38. The minimum atomic E-state index is -1.37. The number of carbonyl (C=O) groups is 1. The molecule has 0 radical (unpaired) electrons. The molecule has 194 valence electrons. The Labute approximate surface area is 213 Å². The van der Waals surface area contributed by atoms with Crippen molar-refractivity contribution in [2.75, 3.05) is 33.9 Å².